The zero-order valence-electron chi connectivity index (χ0n) is 5.76. The van der Waals surface area contributed by atoms with E-state index in [4.69, 9.17) is 10.0 Å². The minimum atomic E-state index is -1.82. The molecule has 0 aromatic carbocycles. The van der Waals surface area contributed by atoms with Crippen molar-refractivity contribution in [3.8, 4) is 0 Å². The molecule has 0 bridgehead atoms. The molecule has 4 nitrogen and oxygen atoms in total. The second-order valence-corrected chi connectivity index (χ2v) is 1.60. The number of unbranched alkanes of at least 4 members (excludes halogenated alkanes) is 1. The van der Waals surface area contributed by atoms with Crippen LogP contribution in [0, 0.1) is 0 Å². The zero-order valence-corrected chi connectivity index (χ0v) is 6.87. The number of rotatable bonds is 5. The topological polar surface area (TPSA) is 58.9 Å². The Kier molecular flexibility index (Phi) is 12.3. The van der Waals surface area contributed by atoms with Crippen LogP contribution in [-0.4, -0.2) is 24.0 Å². The third-order valence-electron chi connectivity index (χ3n) is 0.735. The van der Waals surface area contributed by atoms with Crippen molar-refractivity contribution in [1.29, 1.82) is 0 Å². The molecule has 0 amide bonds. The Morgan fingerprint density at radius 3 is 2.40 bits per heavy atom. The standard InChI is InChI=1S/C4H11BO4.Fe/c1-2-3-4-8-9-5(6)7;/h6-7H,2-4H2,1H3;. The summed E-state index contributed by atoms with van der Waals surface area (Å²) in [4.78, 5) is 8.29. The molecule has 0 rings (SSSR count). The molecule has 0 aliphatic heterocycles. The monoisotopic (exact) mass is 190 g/mol. The van der Waals surface area contributed by atoms with E-state index in [1.54, 1.807) is 0 Å². The van der Waals surface area contributed by atoms with Crippen molar-refractivity contribution in [2.45, 2.75) is 19.8 Å². The van der Waals surface area contributed by atoms with Gasteiger partial charge in [0.1, 0.15) is 0 Å². The van der Waals surface area contributed by atoms with E-state index in [1.807, 2.05) is 6.92 Å². The minimum absolute atomic E-state index is 0. The van der Waals surface area contributed by atoms with Gasteiger partial charge in [0.05, 0.1) is 6.61 Å². The van der Waals surface area contributed by atoms with Gasteiger partial charge in [-0.15, -0.1) is 0 Å². The van der Waals surface area contributed by atoms with Gasteiger partial charge in [-0.1, -0.05) is 13.3 Å². The van der Waals surface area contributed by atoms with Crippen LogP contribution in [0.4, 0.5) is 0 Å². The number of hydrogen-bond donors (Lipinski definition) is 2. The van der Waals surface area contributed by atoms with Crippen LogP contribution in [0.3, 0.4) is 0 Å². The van der Waals surface area contributed by atoms with Crippen LogP contribution < -0.4 is 0 Å². The summed E-state index contributed by atoms with van der Waals surface area (Å²) in [6, 6.07) is 0. The van der Waals surface area contributed by atoms with Gasteiger partial charge < -0.3 is 10.0 Å². The van der Waals surface area contributed by atoms with Crippen molar-refractivity contribution >= 4 is 7.32 Å². The van der Waals surface area contributed by atoms with Crippen LogP contribution in [0.5, 0.6) is 0 Å². The second-order valence-electron chi connectivity index (χ2n) is 1.60. The summed E-state index contributed by atoms with van der Waals surface area (Å²) < 4.78 is 0. The molecule has 0 aliphatic carbocycles. The summed E-state index contributed by atoms with van der Waals surface area (Å²) in [5, 5.41) is 16.1. The molecule has 0 atom stereocenters. The normalized spacial score (nSPS) is 8.70. The summed E-state index contributed by atoms with van der Waals surface area (Å²) >= 11 is 0. The third-order valence-corrected chi connectivity index (χ3v) is 0.735. The summed E-state index contributed by atoms with van der Waals surface area (Å²) in [7, 11) is -1.82. The number of hydrogen-bond acceptors (Lipinski definition) is 4. The molecular weight excluding hydrogens is 179 g/mol. The summed E-state index contributed by atoms with van der Waals surface area (Å²) in [6.07, 6.45) is 1.84. The first-order valence-electron chi connectivity index (χ1n) is 2.91. The quantitative estimate of drug-likeness (QED) is 0.270. The predicted molar refractivity (Wildman–Crippen MR) is 32.1 cm³/mol. The predicted octanol–water partition coefficient (Wildman–Crippen LogP) is -0.298. The van der Waals surface area contributed by atoms with E-state index in [2.05, 4.69) is 9.69 Å². The summed E-state index contributed by atoms with van der Waals surface area (Å²) in [5.41, 5.74) is 0. The summed E-state index contributed by atoms with van der Waals surface area (Å²) in [6.45, 7) is 2.40. The first-order valence-corrected chi connectivity index (χ1v) is 2.91. The Balaban J connectivity index is 0. The van der Waals surface area contributed by atoms with E-state index >= 15 is 0 Å². The average Bonchev–Trinajstić information content (AvgIpc) is 1.80. The molecule has 0 aliphatic rings. The van der Waals surface area contributed by atoms with E-state index in [0.717, 1.165) is 12.8 Å². The van der Waals surface area contributed by atoms with Gasteiger partial charge in [-0.05, 0) is 6.42 Å². The first-order chi connectivity index (χ1) is 4.27. The molecule has 2 N–H and O–H groups in total. The second kappa shape index (κ2) is 9.42. The molecule has 0 saturated heterocycles. The van der Waals surface area contributed by atoms with Crippen molar-refractivity contribution < 1.29 is 36.8 Å². The van der Waals surface area contributed by atoms with Crippen LogP contribution in [0.2, 0.25) is 0 Å². The minimum Gasteiger partial charge on any atom is -0.400 e. The van der Waals surface area contributed by atoms with Gasteiger partial charge in [0, 0.05) is 17.1 Å². The molecule has 0 radical (unpaired) electrons. The molecule has 62 valence electrons. The summed E-state index contributed by atoms with van der Waals surface area (Å²) in [5.74, 6) is 0. The van der Waals surface area contributed by atoms with Gasteiger partial charge in [0.15, 0.2) is 0 Å². The molecule has 0 spiro atoms. The van der Waals surface area contributed by atoms with E-state index in [1.165, 1.54) is 0 Å². The van der Waals surface area contributed by atoms with E-state index in [9.17, 15) is 0 Å². The van der Waals surface area contributed by atoms with Crippen molar-refractivity contribution in [3.05, 3.63) is 0 Å². The fourth-order valence-corrected chi connectivity index (χ4v) is 0.312. The van der Waals surface area contributed by atoms with Crippen LogP contribution in [-0.2, 0) is 26.8 Å². The molecule has 6 heteroatoms. The average molecular weight is 190 g/mol. The third kappa shape index (κ3) is 11.3. The maximum atomic E-state index is 8.06. The molecule has 0 unspecified atom stereocenters. The fourth-order valence-electron chi connectivity index (χ4n) is 0.312. The zero-order chi connectivity index (χ0) is 7.11. The van der Waals surface area contributed by atoms with E-state index < -0.39 is 7.32 Å². The van der Waals surface area contributed by atoms with Crippen molar-refractivity contribution in [2.24, 2.45) is 0 Å². The van der Waals surface area contributed by atoms with Crippen LogP contribution >= 0.6 is 0 Å². The van der Waals surface area contributed by atoms with Gasteiger partial charge in [-0.2, -0.15) is 0 Å². The largest absolute Gasteiger partial charge is 0.662 e. The van der Waals surface area contributed by atoms with Crippen LogP contribution in [0.25, 0.3) is 0 Å². The molecule has 0 heterocycles. The molecule has 0 saturated carbocycles. The van der Waals surface area contributed by atoms with E-state index in [-0.39, 0.29) is 17.1 Å². The molecule has 10 heavy (non-hydrogen) atoms. The Bertz CT molecular complexity index is 63.2. The smallest absolute Gasteiger partial charge is 0.400 e. The Labute approximate surface area is 71.1 Å². The SMILES string of the molecule is CCCCOOB(O)O.[Fe]. The van der Waals surface area contributed by atoms with Crippen molar-refractivity contribution in [3.63, 3.8) is 0 Å². The van der Waals surface area contributed by atoms with Crippen molar-refractivity contribution in [1.82, 2.24) is 0 Å². The van der Waals surface area contributed by atoms with Crippen LogP contribution in [0.15, 0.2) is 0 Å². The van der Waals surface area contributed by atoms with Gasteiger partial charge in [0.2, 0.25) is 0 Å². The Morgan fingerprint density at radius 1 is 1.40 bits per heavy atom. The maximum absolute atomic E-state index is 8.06. The van der Waals surface area contributed by atoms with Crippen molar-refractivity contribution in [2.75, 3.05) is 6.61 Å². The van der Waals surface area contributed by atoms with Crippen LogP contribution in [0.1, 0.15) is 19.8 Å². The maximum Gasteiger partial charge on any atom is 0.662 e. The first kappa shape index (κ1) is 13.0. The van der Waals surface area contributed by atoms with E-state index in [0.29, 0.717) is 6.61 Å². The molecule has 0 aromatic rings. The van der Waals surface area contributed by atoms with Gasteiger partial charge in [0.25, 0.3) is 0 Å². The fraction of sp³-hybridized carbons (Fsp3) is 1.00. The Hall–Kier alpha value is 0.424. The molecular formula is C4H11BFeO4. The van der Waals surface area contributed by atoms with Gasteiger partial charge in [-0.3, -0.25) is 0 Å². The van der Waals surface area contributed by atoms with Gasteiger partial charge in [-0.25, -0.2) is 9.69 Å². The van der Waals surface area contributed by atoms with Gasteiger partial charge >= 0.3 is 7.32 Å². The molecule has 0 aromatic heterocycles. The Morgan fingerprint density at radius 2 is 2.00 bits per heavy atom. The molecule has 0 fully saturated rings.